The molecule has 0 aliphatic heterocycles. The zero-order valence-electron chi connectivity index (χ0n) is 17.0. The van der Waals surface area contributed by atoms with Crippen LogP contribution in [0, 0.1) is 0 Å². The number of fused-ring (bicyclic) bond motifs is 1. The Labute approximate surface area is 174 Å². The van der Waals surface area contributed by atoms with Crippen molar-refractivity contribution in [2.75, 3.05) is 12.4 Å². The molecule has 4 rings (SSSR count). The maximum atomic E-state index is 12.7. The maximum absolute atomic E-state index is 12.7. The number of amides is 1. The number of benzene rings is 2. The standard InChI is InChI=1S/C23H22N4O3/c1-15(2)30-20-10-7-17(13-21(20)29-3)22(28)25-18-8-5-16(6-9-18)19-14-27-12-4-11-24-23(27)26-19/h4-15H,1-3H3,(H,25,28). The van der Waals surface area contributed by atoms with Gasteiger partial charge in [0.15, 0.2) is 11.5 Å². The van der Waals surface area contributed by atoms with Crippen molar-refractivity contribution < 1.29 is 14.3 Å². The minimum absolute atomic E-state index is 0.0146. The van der Waals surface area contributed by atoms with Gasteiger partial charge in [-0.05, 0) is 50.2 Å². The zero-order valence-corrected chi connectivity index (χ0v) is 17.0. The van der Waals surface area contributed by atoms with Crippen LogP contribution >= 0.6 is 0 Å². The van der Waals surface area contributed by atoms with Crippen LogP contribution < -0.4 is 14.8 Å². The Bertz CT molecular complexity index is 1150. The van der Waals surface area contributed by atoms with Crippen LogP contribution in [-0.4, -0.2) is 33.5 Å². The van der Waals surface area contributed by atoms with Gasteiger partial charge in [0.1, 0.15) is 0 Å². The topological polar surface area (TPSA) is 77.8 Å². The fourth-order valence-electron chi connectivity index (χ4n) is 3.06. The Balaban J connectivity index is 1.49. The summed E-state index contributed by atoms with van der Waals surface area (Å²) in [6.45, 7) is 3.87. The van der Waals surface area contributed by atoms with Crippen molar-refractivity contribution in [3.05, 3.63) is 72.7 Å². The summed E-state index contributed by atoms with van der Waals surface area (Å²) in [4.78, 5) is 21.4. The van der Waals surface area contributed by atoms with E-state index in [0.29, 0.717) is 28.5 Å². The summed E-state index contributed by atoms with van der Waals surface area (Å²) in [6, 6.07) is 14.5. The first-order valence-corrected chi connectivity index (χ1v) is 9.59. The van der Waals surface area contributed by atoms with Gasteiger partial charge in [0, 0.05) is 35.4 Å². The summed E-state index contributed by atoms with van der Waals surface area (Å²) in [7, 11) is 1.55. The normalized spacial score (nSPS) is 10.9. The number of hydrogen-bond donors (Lipinski definition) is 1. The second kappa shape index (κ2) is 8.24. The van der Waals surface area contributed by atoms with Crippen molar-refractivity contribution in [3.8, 4) is 22.8 Å². The van der Waals surface area contributed by atoms with Crippen molar-refractivity contribution in [3.63, 3.8) is 0 Å². The minimum Gasteiger partial charge on any atom is -0.493 e. The number of ether oxygens (including phenoxy) is 2. The molecule has 1 amide bonds. The van der Waals surface area contributed by atoms with Gasteiger partial charge < -0.3 is 14.8 Å². The van der Waals surface area contributed by atoms with Crippen LogP contribution in [0.5, 0.6) is 11.5 Å². The predicted molar refractivity (Wildman–Crippen MR) is 115 cm³/mol. The smallest absolute Gasteiger partial charge is 0.255 e. The summed E-state index contributed by atoms with van der Waals surface area (Å²) >= 11 is 0. The number of anilines is 1. The Morgan fingerprint density at radius 1 is 1.10 bits per heavy atom. The Morgan fingerprint density at radius 3 is 2.60 bits per heavy atom. The Morgan fingerprint density at radius 2 is 1.90 bits per heavy atom. The van der Waals surface area contributed by atoms with Gasteiger partial charge in [0.05, 0.1) is 18.9 Å². The Kier molecular flexibility index (Phi) is 5.34. The average molecular weight is 402 g/mol. The first-order valence-electron chi connectivity index (χ1n) is 9.59. The molecule has 0 aliphatic carbocycles. The number of carbonyl (C=O) groups excluding carboxylic acids is 1. The largest absolute Gasteiger partial charge is 0.493 e. The van der Waals surface area contributed by atoms with Gasteiger partial charge in [-0.1, -0.05) is 12.1 Å². The number of methoxy groups -OCH3 is 1. The molecule has 0 spiro atoms. The molecule has 0 unspecified atom stereocenters. The molecule has 0 saturated heterocycles. The third-order valence-corrected chi connectivity index (χ3v) is 4.46. The monoisotopic (exact) mass is 402 g/mol. The first-order chi connectivity index (χ1) is 14.5. The minimum atomic E-state index is -0.228. The third kappa shape index (κ3) is 4.10. The van der Waals surface area contributed by atoms with E-state index >= 15 is 0 Å². The van der Waals surface area contributed by atoms with E-state index in [4.69, 9.17) is 9.47 Å². The molecule has 2 aromatic carbocycles. The van der Waals surface area contributed by atoms with Gasteiger partial charge in [0.25, 0.3) is 5.91 Å². The maximum Gasteiger partial charge on any atom is 0.255 e. The van der Waals surface area contributed by atoms with Gasteiger partial charge in [-0.3, -0.25) is 9.20 Å². The van der Waals surface area contributed by atoms with Crippen LogP contribution in [0.2, 0.25) is 0 Å². The van der Waals surface area contributed by atoms with Gasteiger partial charge in [0.2, 0.25) is 5.78 Å². The molecule has 152 valence electrons. The van der Waals surface area contributed by atoms with E-state index in [1.165, 1.54) is 0 Å². The highest BCUT2D eigenvalue weighted by molar-refractivity contribution is 6.04. The van der Waals surface area contributed by atoms with Crippen LogP contribution in [0.4, 0.5) is 5.69 Å². The lowest BCUT2D eigenvalue weighted by molar-refractivity contribution is 0.102. The van der Waals surface area contributed by atoms with Crippen LogP contribution in [0.3, 0.4) is 0 Å². The summed E-state index contributed by atoms with van der Waals surface area (Å²) in [5.74, 6) is 1.54. The highest BCUT2D eigenvalue weighted by atomic mass is 16.5. The Hall–Kier alpha value is -3.87. The molecular weight excluding hydrogens is 380 g/mol. The summed E-state index contributed by atoms with van der Waals surface area (Å²) in [5, 5.41) is 2.90. The second-order valence-electron chi connectivity index (χ2n) is 7.02. The fraction of sp³-hybridized carbons (Fsp3) is 0.174. The van der Waals surface area contributed by atoms with Gasteiger partial charge in [-0.15, -0.1) is 0 Å². The lowest BCUT2D eigenvalue weighted by Gasteiger charge is -2.14. The number of imidazole rings is 1. The van der Waals surface area contributed by atoms with Crippen LogP contribution in [0.15, 0.2) is 67.1 Å². The highest BCUT2D eigenvalue weighted by Crippen LogP contribution is 2.29. The molecule has 7 heteroatoms. The number of aromatic nitrogens is 3. The van der Waals surface area contributed by atoms with Gasteiger partial charge in [-0.2, -0.15) is 0 Å². The lowest BCUT2D eigenvalue weighted by Crippen LogP contribution is -2.13. The van der Waals surface area contributed by atoms with Crippen molar-refractivity contribution in [2.24, 2.45) is 0 Å². The molecule has 30 heavy (non-hydrogen) atoms. The van der Waals surface area contributed by atoms with E-state index in [0.717, 1.165) is 11.3 Å². The van der Waals surface area contributed by atoms with E-state index in [-0.39, 0.29) is 12.0 Å². The molecule has 0 fully saturated rings. The van der Waals surface area contributed by atoms with E-state index in [9.17, 15) is 4.79 Å². The lowest BCUT2D eigenvalue weighted by atomic mass is 10.1. The average Bonchev–Trinajstić information content (AvgIpc) is 3.18. The number of carbonyl (C=O) groups is 1. The highest BCUT2D eigenvalue weighted by Gasteiger charge is 2.13. The number of nitrogens with one attached hydrogen (secondary N) is 1. The number of hydrogen-bond acceptors (Lipinski definition) is 5. The molecule has 0 saturated carbocycles. The van der Waals surface area contributed by atoms with E-state index in [1.54, 1.807) is 31.5 Å². The number of rotatable bonds is 6. The quantitative estimate of drug-likeness (QED) is 0.516. The van der Waals surface area contributed by atoms with Crippen LogP contribution in [-0.2, 0) is 0 Å². The van der Waals surface area contributed by atoms with E-state index in [1.807, 2.05) is 61.0 Å². The van der Waals surface area contributed by atoms with Crippen LogP contribution in [0.1, 0.15) is 24.2 Å². The molecule has 0 aliphatic rings. The number of nitrogens with zero attached hydrogens (tertiary/aromatic N) is 3. The molecule has 0 atom stereocenters. The van der Waals surface area contributed by atoms with Crippen molar-refractivity contribution >= 4 is 17.4 Å². The van der Waals surface area contributed by atoms with Crippen molar-refractivity contribution in [2.45, 2.75) is 20.0 Å². The molecule has 7 nitrogen and oxygen atoms in total. The van der Waals surface area contributed by atoms with Crippen molar-refractivity contribution in [1.82, 2.24) is 14.4 Å². The summed E-state index contributed by atoms with van der Waals surface area (Å²) in [6.07, 6.45) is 5.55. The first kappa shape index (κ1) is 19.4. The molecule has 4 aromatic rings. The predicted octanol–water partition coefficient (Wildman–Crippen LogP) is 4.44. The van der Waals surface area contributed by atoms with Crippen LogP contribution in [0.25, 0.3) is 17.0 Å². The molecule has 2 aromatic heterocycles. The summed E-state index contributed by atoms with van der Waals surface area (Å²) < 4.78 is 12.9. The molecule has 0 bridgehead atoms. The molecule has 2 heterocycles. The van der Waals surface area contributed by atoms with Crippen molar-refractivity contribution in [1.29, 1.82) is 0 Å². The molecular formula is C23H22N4O3. The second-order valence-corrected chi connectivity index (χ2v) is 7.02. The zero-order chi connectivity index (χ0) is 21.1. The fourth-order valence-corrected chi connectivity index (χ4v) is 3.06. The SMILES string of the molecule is COc1cc(C(=O)Nc2ccc(-c3cn4cccnc4n3)cc2)ccc1OC(C)C. The van der Waals surface area contributed by atoms with E-state index in [2.05, 4.69) is 15.3 Å². The van der Waals surface area contributed by atoms with E-state index < -0.39 is 0 Å². The third-order valence-electron chi connectivity index (χ3n) is 4.46. The van der Waals surface area contributed by atoms with Gasteiger partial charge in [-0.25, -0.2) is 9.97 Å². The molecule has 1 N–H and O–H groups in total. The molecule has 0 radical (unpaired) electrons. The van der Waals surface area contributed by atoms with Gasteiger partial charge >= 0.3 is 0 Å². The summed E-state index contributed by atoms with van der Waals surface area (Å²) in [5.41, 5.74) is 2.93.